The molecule has 2 atom stereocenters. The van der Waals surface area contributed by atoms with E-state index in [1.165, 1.54) is 24.8 Å². The van der Waals surface area contributed by atoms with Crippen LogP contribution in [0.25, 0.3) is 0 Å². The Morgan fingerprint density at radius 1 is 0.917 bits per heavy atom. The predicted molar refractivity (Wildman–Crippen MR) is 141 cm³/mol. The second-order valence-electron chi connectivity index (χ2n) is 9.71. The summed E-state index contributed by atoms with van der Waals surface area (Å²) in [6, 6.07) is 23.1. The van der Waals surface area contributed by atoms with E-state index < -0.39 is 6.09 Å². The van der Waals surface area contributed by atoms with Gasteiger partial charge in [-0.3, -0.25) is 4.79 Å². The fourth-order valence-electron chi connectivity index (χ4n) is 4.24. The maximum absolute atomic E-state index is 12.4. The van der Waals surface area contributed by atoms with Gasteiger partial charge in [0.05, 0.1) is 11.4 Å². The SMILES string of the molecule is Nc1ccccc1NC(=O)c1ccc(CNC(=O)OCc2ccc(C3C[C@@H]3NCC3CC3)cc2)cc1. The van der Waals surface area contributed by atoms with Crippen LogP contribution < -0.4 is 21.7 Å². The first-order valence-corrected chi connectivity index (χ1v) is 12.5. The van der Waals surface area contributed by atoms with Gasteiger partial charge in [-0.15, -0.1) is 0 Å². The zero-order valence-electron chi connectivity index (χ0n) is 20.2. The Kier molecular flexibility index (Phi) is 7.18. The largest absolute Gasteiger partial charge is 0.445 e. The highest BCUT2D eigenvalue weighted by atomic mass is 16.5. The summed E-state index contributed by atoms with van der Waals surface area (Å²) in [5.41, 5.74) is 10.6. The van der Waals surface area contributed by atoms with Crippen molar-refractivity contribution in [3.63, 3.8) is 0 Å². The van der Waals surface area contributed by atoms with Crippen LogP contribution in [-0.4, -0.2) is 24.6 Å². The number of carbonyl (C=O) groups excluding carboxylic acids is 2. The van der Waals surface area contributed by atoms with Crippen molar-refractivity contribution in [3.8, 4) is 0 Å². The first kappa shape index (κ1) is 23.9. The fourth-order valence-corrected chi connectivity index (χ4v) is 4.24. The molecule has 2 aliphatic carbocycles. The Labute approximate surface area is 211 Å². The number of anilines is 2. The summed E-state index contributed by atoms with van der Waals surface area (Å²) in [6.45, 7) is 1.69. The van der Waals surface area contributed by atoms with Crippen molar-refractivity contribution in [2.24, 2.45) is 5.92 Å². The van der Waals surface area contributed by atoms with Crippen LogP contribution in [0.5, 0.6) is 0 Å². The van der Waals surface area contributed by atoms with Crippen molar-refractivity contribution in [3.05, 3.63) is 95.1 Å². The van der Waals surface area contributed by atoms with Gasteiger partial charge >= 0.3 is 6.09 Å². The van der Waals surface area contributed by atoms with Gasteiger partial charge in [-0.1, -0.05) is 48.5 Å². The van der Waals surface area contributed by atoms with E-state index in [1.54, 1.807) is 36.4 Å². The van der Waals surface area contributed by atoms with Crippen molar-refractivity contribution in [2.45, 2.75) is 44.4 Å². The van der Waals surface area contributed by atoms with E-state index in [-0.39, 0.29) is 12.5 Å². The summed E-state index contributed by atoms with van der Waals surface area (Å²) in [4.78, 5) is 24.6. The summed E-state index contributed by atoms with van der Waals surface area (Å²) in [5.74, 6) is 1.27. The van der Waals surface area contributed by atoms with Gasteiger partial charge in [-0.05, 0) is 72.7 Å². The summed E-state index contributed by atoms with van der Waals surface area (Å²) >= 11 is 0. The Morgan fingerprint density at radius 2 is 1.64 bits per heavy atom. The molecule has 0 radical (unpaired) electrons. The molecule has 0 aliphatic heterocycles. The van der Waals surface area contributed by atoms with Gasteiger partial charge in [0, 0.05) is 24.1 Å². The number of hydrogen-bond acceptors (Lipinski definition) is 5. The van der Waals surface area contributed by atoms with Crippen LogP contribution in [0.15, 0.2) is 72.8 Å². The van der Waals surface area contributed by atoms with Gasteiger partial charge in [0.2, 0.25) is 0 Å². The maximum atomic E-state index is 12.4. The highest BCUT2D eigenvalue weighted by molar-refractivity contribution is 6.05. The molecule has 0 saturated heterocycles. The minimum atomic E-state index is -0.480. The Bertz CT molecular complexity index is 1210. The van der Waals surface area contributed by atoms with Crippen molar-refractivity contribution >= 4 is 23.4 Å². The highest BCUT2D eigenvalue weighted by Crippen LogP contribution is 2.41. The average Bonchev–Trinajstić information content (AvgIpc) is 3.82. The van der Waals surface area contributed by atoms with Crippen LogP contribution >= 0.6 is 0 Å². The predicted octanol–water partition coefficient (Wildman–Crippen LogP) is 4.80. The van der Waals surface area contributed by atoms with Crippen molar-refractivity contribution in [1.82, 2.24) is 10.6 Å². The van der Waals surface area contributed by atoms with Gasteiger partial charge in [0.15, 0.2) is 0 Å². The number of para-hydroxylation sites is 2. The molecule has 5 N–H and O–H groups in total. The topological polar surface area (TPSA) is 105 Å². The van der Waals surface area contributed by atoms with Gasteiger partial charge in [0.25, 0.3) is 5.91 Å². The molecule has 7 heteroatoms. The fraction of sp³-hybridized carbons (Fsp3) is 0.310. The normalized spacial score (nSPS) is 18.3. The molecule has 7 nitrogen and oxygen atoms in total. The molecule has 2 saturated carbocycles. The molecule has 3 aromatic rings. The number of ether oxygens (including phenoxy) is 1. The smallest absolute Gasteiger partial charge is 0.407 e. The molecule has 186 valence electrons. The summed E-state index contributed by atoms with van der Waals surface area (Å²) in [6.07, 6.45) is 3.48. The lowest BCUT2D eigenvalue weighted by atomic mass is 10.1. The van der Waals surface area contributed by atoms with E-state index in [2.05, 4.69) is 28.1 Å². The molecule has 5 rings (SSSR count). The number of amides is 2. The minimum absolute atomic E-state index is 0.224. The number of alkyl carbamates (subject to hydrolysis) is 1. The highest BCUT2D eigenvalue weighted by Gasteiger charge is 2.38. The molecule has 36 heavy (non-hydrogen) atoms. The number of nitrogens with one attached hydrogen (secondary N) is 3. The lowest BCUT2D eigenvalue weighted by Gasteiger charge is -2.10. The number of hydrogen-bond donors (Lipinski definition) is 4. The van der Waals surface area contributed by atoms with Gasteiger partial charge < -0.3 is 26.4 Å². The Balaban J connectivity index is 1.02. The number of benzene rings is 3. The molecule has 0 spiro atoms. The Morgan fingerprint density at radius 3 is 2.36 bits per heavy atom. The summed E-state index contributed by atoms with van der Waals surface area (Å²) in [5, 5.41) is 9.22. The summed E-state index contributed by atoms with van der Waals surface area (Å²) < 4.78 is 5.36. The van der Waals surface area contributed by atoms with E-state index >= 15 is 0 Å². The average molecular weight is 485 g/mol. The van der Waals surface area contributed by atoms with Crippen LogP contribution in [-0.2, 0) is 17.9 Å². The quantitative estimate of drug-likeness (QED) is 0.309. The van der Waals surface area contributed by atoms with Gasteiger partial charge in [0.1, 0.15) is 6.61 Å². The second-order valence-corrected chi connectivity index (χ2v) is 9.71. The minimum Gasteiger partial charge on any atom is -0.445 e. The molecule has 2 aliphatic rings. The zero-order chi connectivity index (χ0) is 24.9. The number of nitrogen functional groups attached to an aromatic ring is 1. The molecule has 2 fully saturated rings. The van der Waals surface area contributed by atoms with E-state index in [9.17, 15) is 9.59 Å². The molecule has 1 unspecified atom stereocenters. The maximum Gasteiger partial charge on any atom is 0.407 e. The second kappa shape index (κ2) is 10.8. The van der Waals surface area contributed by atoms with Gasteiger partial charge in [-0.25, -0.2) is 4.79 Å². The van der Waals surface area contributed by atoms with Gasteiger partial charge in [-0.2, -0.15) is 0 Å². The van der Waals surface area contributed by atoms with E-state index in [0.717, 1.165) is 23.6 Å². The van der Waals surface area contributed by atoms with Crippen molar-refractivity contribution < 1.29 is 14.3 Å². The molecule has 0 aromatic heterocycles. The first-order valence-electron chi connectivity index (χ1n) is 12.5. The van der Waals surface area contributed by atoms with E-state index in [0.29, 0.717) is 35.4 Å². The van der Waals surface area contributed by atoms with Crippen LogP contribution in [0.2, 0.25) is 0 Å². The third-order valence-electron chi connectivity index (χ3n) is 6.80. The number of rotatable bonds is 10. The van der Waals surface area contributed by atoms with Crippen LogP contribution in [0, 0.1) is 5.92 Å². The number of carbonyl (C=O) groups is 2. The summed E-state index contributed by atoms with van der Waals surface area (Å²) in [7, 11) is 0. The lowest BCUT2D eigenvalue weighted by Crippen LogP contribution is -2.23. The van der Waals surface area contributed by atoms with Crippen LogP contribution in [0.1, 0.15) is 52.2 Å². The van der Waals surface area contributed by atoms with Crippen LogP contribution in [0.4, 0.5) is 16.2 Å². The molecule has 3 aromatic carbocycles. The van der Waals surface area contributed by atoms with E-state index in [1.807, 2.05) is 24.3 Å². The molecule has 2 amide bonds. The zero-order valence-corrected chi connectivity index (χ0v) is 20.2. The molecular formula is C29H32N4O3. The third-order valence-corrected chi connectivity index (χ3v) is 6.80. The van der Waals surface area contributed by atoms with E-state index in [4.69, 9.17) is 10.5 Å². The molecular weight excluding hydrogens is 452 g/mol. The lowest BCUT2D eigenvalue weighted by molar-refractivity contribution is 0.102. The molecule has 0 bridgehead atoms. The van der Waals surface area contributed by atoms with Crippen LogP contribution in [0.3, 0.4) is 0 Å². The number of nitrogens with two attached hydrogens (primary N) is 1. The molecule has 0 heterocycles. The Hall–Kier alpha value is -3.84. The third kappa shape index (κ3) is 6.43. The van der Waals surface area contributed by atoms with Crippen molar-refractivity contribution in [2.75, 3.05) is 17.6 Å². The first-order chi connectivity index (χ1) is 17.5. The standard InChI is InChI=1S/C29H32N4O3/c30-25-3-1-2-4-26(25)33-28(34)23-13-7-20(8-14-23)17-32-29(35)36-18-21-9-11-22(12-10-21)24-15-27(24)31-16-19-5-6-19/h1-4,7-14,19,24,27,31H,5-6,15-18,30H2,(H,32,35)(H,33,34)/t24?,27-/m0/s1. The monoisotopic (exact) mass is 484 g/mol. The van der Waals surface area contributed by atoms with Crippen molar-refractivity contribution in [1.29, 1.82) is 0 Å².